The molecule has 2 fully saturated rings. The lowest BCUT2D eigenvalue weighted by Crippen LogP contribution is -2.51. The fraction of sp³-hybridized carbons (Fsp3) is 0.444. The number of piperazine rings is 1. The molecular formula is C18H20N4O3S. The standard InChI is InChI=1S/C18H20N4O3S/c1-18(23,24)13-5-4-12(16-19-6-7-26-16)15-14(13)21-17(25-15)22-8-10-2-3-11(9-22)20-10/h4-7,10-11,20,23-24H,2-3,8-9H2,1H3. The largest absolute Gasteiger partial charge is 0.423 e. The second kappa shape index (κ2) is 5.75. The van der Waals surface area contributed by atoms with Crippen molar-refractivity contribution in [1.82, 2.24) is 15.3 Å². The molecule has 2 aliphatic rings. The average molecular weight is 372 g/mol. The summed E-state index contributed by atoms with van der Waals surface area (Å²) in [6.45, 7) is 3.03. The number of anilines is 1. The summed E-state index contributed by atoms with van der Waals surface area (Å²) < 4.78 is 6.15. The fourth-order valence-corrected chi connectivity index (χ4v) is 4.65. The number of rotatable bonds is 3. The highest BCUT2D eigenvalue weighted by atomic mass is 32.1. The van der Waals surface area contributed by atoms with Gasteiger partial charge in [-0.1, -0.05) is 6.07 Å². The van der Waals surface area contributed by atoms with Crippen LogP contribution in [0.4, 0.5) is 6.01 Å². The van der Waals surface area contributed by atoms with Crippen LogP contribution in [0, 0.1) is 0 Å². The zero-order chi connectivity index (χ0) is 17.9. The van der Waals surface area contributed by atoms with Gasteiger partial charge in [-0.25, -0.2) is 4.98 Å². The Balaban J connectivity index is 1.66. The van der Waals surface area contributed by atoms with Crippen molar-refractivity contribution in [1.29, 1.82) is 0 Å². The van der Waals surface area contributed by atoms with Gasteiger partial charge in [-0.05, 0) is 25.8 Å². The van der Waals surface area contributed by atoms with Crippen LogP contribution in [0.15, 0.2) is 28.1 Å². The van der Waals surface area contributed by atoms with E-state index in [0.717, 1.165) is 23.7 Å². The number of hydrogen-bond donors (Lipinski definition) is 3. The molecule has 136 valence electrons. The third-order valence-corrected chi connectivity index (χ3v) is 6.00. The first kappa shape index (κ1) is 16.2. The van der Waals surface area contributed by atoms with Crippen molar-refractivity contribution in [3.8, 4) is 10.6 Å². The lowest BCUT2D eigenvalue weighted by atomic mass is 10.0. The Morgan fingerprint density at radius 3 is 2.69 bits per heavy atom. The van der Waals surface area contributed by atoms with E-state index in [1.807, 2.05) is 11.4 Å². The molecule has 0 radical (unpaired) electrons. The van der Waals surface area contributed by atoms with Crippen LogP contribution < -0.4 is 10.2 Å². The number of thiazole rings is 1. The lowest BCUT2D eigenvalue weighted by molar-refractivity contribution is -0.151. The summed E-state index contributed by atoms with van der Waals surface area (Å²) >= 11 is 1.51. The van der Waals surface area contributed by atoms with E-state index in [1.165, 1.54) is 31.1 Å². The van der Waals surface area contributed by atoms with Gasteiger partial charge in [0.15, 0.2) is 11.4 Å². The van der Waals surface area contributed by atoms with E-state index >= 15 is 0 Å². The quantitative estimate of drug-likeness (QED) is 0.606. The molecule has 4 heterocycles. The molecule has 5 rings (SSSR count). The molecule has 0 spiro atoms. The van der Waals surface area contributed by atoms with Gasteiger partial charge in [0.1, 0.15) is 10.5 Å². The summed E-state index contributed by atoms with van der Waals surface area (Å²) in [7, 11) is 0. The van der Waals surface area contributed by atoms with E-state index in [-0.39, 0.29) is 0 Å². The third kappa shape index (κ3) is 2.61. The number of nitrogens with one attached hydrogen (secondary N) is 1. The molecule has 26 heavy (non-hydrogen) atoms. The normalized spacial score (nSPS) is 23.1. The molecule has 2 atom stereocenters. The molecule has 0 amide bonds. The maximum Gasteiger partial charge on any atom is 0.298 e. The lowest BCUT2D eigenvalue weighted by Gasteiger charge is -2.31. The highest BCUT2D eigenvalue weighted by Crippen LogP contribution is 2.38. The van der Waals surface area contributed by atoms with Gasteiger partial charge in [-0.3, -0.25) is 0 Å². The Morgan fingerprint density at radius 2 is 2.04 bits per heavy atom. The number of fused-ring (bicyclic) bond motifs is 3. The molecule has 2 unspecified atom stereocenters. The Bertz CT molecular complexity index is 935. The van der Waals surface area contributed by atoms with E-state index in [9.17, 15) is 10.2 Å². The maximum atomic E-state index is 10.2. The molecule has 3 aromatic rings. The summed E-state index contributed by atoms with van der Waals surface area (Å²) in [6.07, 6.45) is 4.08. The van der Waals surface area contributed by atoms with Gasteiger partial charge < -0.3 is 24.8 Å². The van der Waals surface area contributed by atoms with Gasteiger partial charge in [-0.2, -0.15) is 4.98 Å². The van der Waals surface area contributed by atoms with Crippen LogP contribution >= 0.6 is 11.3 Å². The minimum Gasteiger partial charge on any atom is -0.423 e. The molecule has 8 heteroatoms. The Hall–Kier alpha value is -2.00. The third-order valence-electron chi connectivity index (χ3n) is 5.19. The monoisotopic (exact) mass is 372 g/mol. The SMILES string of the molecule is CC(O)(O)c1ccc(-c2nccs2)c2oc(N3CC4CCC(C3)N4)nc12. The summed E-state index contributed by atoms with van der Waals surface area (Å²) in [4.78, 5) is 11.2. The van der Waals surface area contributed by atoms with Gasteiger partial charge >= 0.3 is 0 Å². The van der Waals surface area contributed by atoms with Crippen molar-refractivity contribution < 1.29 is 14.6 Å². The van der Waals surface area contributed by atoms with Gasteiger partial charge in [0.05, 0.1) is 5.56 Å². The fourth-order valence-electron chi connectivity index (χ4n) is 3.99. The van der Waals surface area contributed by atoms with Crippen LogP contribution in [-0.2, 0) is 5.79 Å². The van der Waals surface area contributed by atoms with Crippen molar-refractivity contribution in [3.63, 3.8) is 0 Å². The molecule has 7 nitrogen and oxygen atoms in total. The van der Waals surface area contributed by atoms with Crippen LogP contribution in [0.2, 0.25) is 0 Å². The molecular weight excluding hydrogens is 352 g/mol. The molecule has 2 aliphatic heterocycles. The maximum absolute atomic E-state index is 10.2. The van der Waals surface area contributed by atoms with Crippen LogP contribution in [0.1, 0.15) is 25.3 Å². The van der Waals surface area contributed by atoms with Crippen molar-refractivity contribution in [2.75, 3.05) is 18.0 Å². The predicted octanol–water partition coefficient (Wildman–Crippen LogP) is 2.05. The smallest absolute Gasteiger partial charge is 0.298 e. The molecule has 0 aliphatic carbocycles. The van der Waals surface area contributed by atoms with Crippen molar-refractivity contribution >= 4 is 28.5 Å². The molecule has 2 bridgehead atoms. The highest BCUT2D eigenvalue weighted by Gasteiger charge is 2.35. The van der Waals surface area contributed by atoms with Crippen LogP contribution in [0.25, 0.3) is 21.7 Å². The first-order valence-corrected chi connectivity index (χ1v) is 9.66. The van der Waals surface area contributed by atoms with Crippen LogP contribution in [0.5, 0.6) is 0 Å². The second-order valence-electron chi connectivity index (χ2n) is 7.24. The summed E-state index contributed by atoms with van der Waals surface area (Å²) in [5.74, 6) is -1.99. The number of aromatic nitrogens is 2. The first-order valence-electron chi connectivity index (χ1n) is 8.78. The molecule has 2 aromatic heterocycles. The van der Waals surface area contributed by atoms with Gasteiger partial charge in [0.25, 0.3) is 6.01 Å². The summed E-state index contributed by atoms with van der Waals surface area (Å²) in [5, 5.41) is 26.6. The first-order chi connectivity index (χ1) is 12.5. The molecule has 0 saturated carbocycles. The van der Waals surface area contributed by atoms with Crippen molar-refractivity contribution in [2.24, 2.45) is 0 Å². The number of oxazole rings is 1. The van der Waals surface area contributed by atoms with Crippen molar-refractivity contribution in [3.05, 3.63) is 29.3 Å². The van der Waals surface area contributed by atoms with E-state index < -0.39 is 5.79 Å². The predicted molar refractivity (Wildman–Crippen MR) is 99.1 cm³/mol. The summed E-state index contributed by atoms with van der Waals surface area (Å²) in [6, 6.07) is 4.96. The Kier molecular flexibility index (Phi) is 3.58. The Labute approximate surface area is 154 Å². The van der Waals surface area contributed by atoms with E-state index in [1.54, 1.807) is 12.3 Å². The van der Waals surface area contributed by atoms with Gasteiger partial charge in [0, 0.05) is 42.3 Å². The van der Waals surface area contributed by atoms with Crippen LogP contribution in [0.3, 0.4) is 0 Å². The number of hydrogen-bond acceptors (Lipinski definition) is 8. The molecule has 3 N–H and O–H groups in total. The highest BCUT2D eigenvalue weighted by molar-refractivity contribution is 7.13. The molecule has 1 aromatic carbocycles. The van der Waals surface area contributed by atoms with Gasteiger partial charge in [-0.15, -0.1) is 11.3 Å². The van der Waals surface area contributed by atoms with E-state index in [0.29, 0.717) is 34.8 Å². The number of benzene rings is 1. The molecule has 2 saturated heterocycles. The number of aliphatic hydroxyl groups is 2. The zero-order valence-electron chi connectivity index (χ0n) is 14.3. The average Bonchev–Trinajstić information content (AvgIpc) is 3.32. The van der Waals surface area contributed by atoms with Gasteiger partial charge in [0.2, 0.25) is 0 Å². The van der Waals surface area contributed by atoms with E-state index in [4.69, 9.17) is 4.42 Å². The number of nitrogens with zero attached hydrogens (tertiary/aromatic N) is 3. The zero-order valence-corrected chi connectivity index (χ0v) is 15.2. The minimum atomic E-state index is -1.99. The van der Waals surface area contributed by atoms with Crippen LogP contribution in [-0.4, -0.2) is 45.4 Å². The van der Waals surface area contributed by atoms with Crippen molar-refractivity contribution in [2.45, 2.75) is 37.6 Å². The van der Waals surface area contributed by atoms with E-state index in [2.05, 4.69) is 20.2 Å². The topological polar surface area (TPSA) is 94.7 Å². The summed E-state index contributed by atoms with van der Waals surface area (Å²) in [5.41, 5.74) is 2.18. The minimum absolute atomic E-state index is 0.334. The second-order valence-corrected chi connectivity index (χ2v) is 8.13. The Morgan fingerprint density at radius 1 is 1.27 bits per heavy atom.